The van der Waals surface area contributed by atoms with E-state index in [1.54, 1.807) is 0 Å². The topological polar surface area (TPSA) is 122 Å². The predicted octanol–water partition coefficient (Wildman–Crippen LogP) is 25.9. The first-order valence-electron chi connectivity index (χ1n) is 39.8. The molecule has 0 saturated heterocycles. The molecule has 20 aromatic rings. The third-order valence-corrected chi connectivity index (χ3v) is 24.5. The van der Waals surface area contributed by atoms with Gasteiger partial charge >= 0.3 is 0 Å². The molecule has 10 nitrogen and oxygen atoms in total. The van der Waals surface area contributed by atoms with Crippen LogP contribution >= 0.6 is 0 Å². The maximum absolute atomic E-state index is 7.52. The van der Waals surface area contributed by atoms with Crippen molar-refractivity contribution in [3.05, 3.63) is 433 Å². The lowest BCUT2D eigenvalue weighted by atomic mass is 9.65. The van der Waals surface area contributed by atoms with Crippen molar-refractivity contribution in [2.24, 2.45) is 0 Å². The molecule has 0 N–H and O–H groups in total. The van der Waals surface area contributed by atoms with Crippen LogP contribution in [0.2, 0.25) is 0 Å². The lowest BCUT2D eigenvalue weighted by Crippen LogP contribution is -2.32. The van der Waals surface area contributed by atoms with Crippen molar-refractivity contribution < 1.29 is 9.47 Å². The summed E-state index contributed by atoms with van der Waals surface area (Å²) in [6, 6.07) is 131. The standard InChI is InChI=1S/C108H64N8O2/c1-3-26-69(27-4-1)101-111-102(70-28-5-2-6-29-70)114-105(113-101)81-39-24-47-90-98(81)96-76(67-55-53-66(54-56-67)75-61-62-110-92-49-15-11-34-78(75)92)35-20-44-87(96)108(90)86-43-14-18-52-95(86)118-100-77(36-21-48-91(100)108)68-57-59-71(60-58-68)103-112-104(80-38-19-31-65-25-7-9-32-73(65)80)116-106(115-103)82-40-23-46-89-99(82)97-79(83-64-109-63-72-30-8-10-33-74(72)83)37-22-45-88(97)107(89)84-41-12-16-50-93(84)117-94-51-17-13-42-85(94)107/h1-64H. The van der Waals surface area contributed by atoms with E-state index >= 15 is 0 Å². The van der Waals surface area contributed by atoms with Crippen LogP contribution in [0.3, 0.4) is 0 Å². The summed E-state index contributed by atoms with van der Waals surface area (Å²) in [6.45, 7) is 0. The Morgan fingerprint density at radius 2 is 0.568 bits per heavy atom. The minimum absolute atomic E-state index is 0.522. The number of fused-ring (bicyclic) bond motifs is 21. The molecule has 10 heteroatoms. The minimum atomic E-state index is -0.939. The molecule has 0 saturated carbocycles. The van der Waals surface area contributed by atoms with Gasteiger partial charge in [-0.05, 0) is 124 Å². The zero-order chi connectivity index (χ0) is 77.6. The van der Waals surface area contributed by atoms with Crippen LogP contribution in [0.4, 0.5) is 0 Å². The first-order valence-corrected chi connectivity index (χ1v) is 39.8. The van der Waals surface area contributed by atoms with Crippen LogP contribution in [0.5, 0.6) is 23.0 Å². The third-order valence-electron chi connectivity index (χ3n) is 24.5. The van der Waals surface area contributed by atoms with Gasteiger partial charge < -0.3 is 9.47 Å². The number of pyridine rings is 2. The van der Waals surface area contributed by atoms with Gasteiger partial charge in [0.1, 0.15) is 23.0 Å². The maximum Gasteiger partial charge on any atom is 0.164 e. The highest BCUT2D eigenvalue weighted by atomic mass is 16.5. The highest BCUT2D eigenvalue weighted by Gasteiger charge is 2.55. The molecule has 2 spiro atoms. The van der Waals surface area contributed by atoms with Crippen molar-refractivity contribution in [1.29, 1.82) is 0 Å². The summed E-state index contributed by atoms with van der Waals surface area (Å²) >= 11 is 0. The van der Waals surface area contributed by atoms with Crippen LogP contribution in [-0.2, 0) is 10.8 Å². The van der Waals surface area contributed by atoms with Crippen LogP contribution in [0.1, 0.15) is 44.5 Å². The highest BCUT2D eigenvalue weighted by molar-refractivity contribution is 6.08. The second-order valence-electron chi connectivity index (χ2n) is 30.6. The quantitative estimate of drug-likeness (QED) is 0.131. The van der Waals surface area contributed by atoms with E-state index in [1.165, 1.54) is 0 Å². The van der Waals surface area contributed by atoms with Gasteiger partial charge in [-0.1, -0.05) is 340 Å². The normalized spacial score (nSPS) is 14.0. The van der Waals surface area contributed by atoms with E-state index in [-0.39, 0.29) is 0 Å². The zero-order valence-corrected chi connectivity index (χ0v) is 63.3. The van der Waals surface area contributed by atoms with Gasteiger partial charge in [-0.25, -0.2) is 29.9 Å². The van der Waals surface area contributed by atoms with Crippen molar-refractivity contribution in [2.75, 3.05) is 0 Å². The Morgan fingerprint density at radius 1 is 0.203 bits per heavy atom. The van der Waals surface area contributed by atoms with E-state index in [0.29, 0.717) is 34.9 Å². The number of rotatable bonds is 10. The van der Waals surface area contributed by atoms with Gasteiger partial charge in [0, 0.05) is 96.1 Å². The Balaban J connectivity index is 0.700. The molecule has 4 aliphatic rings. The molecular formula is C108H64N8O2. The van der Waals surface area contributed by atoms with Gasteiger partial charge in [0.15, 0.2) is 34.9 Å². The molecule has 2 aliphatic carbocycles. The van der Waals surface area contributed by atoms with Gasteiger partial charge in [-0.2, -0.15) is 0 Å². The lowest BCUT2D eigenvalue weighted by molar-refractivity contribution is 0.436. The summed E-state index contributed by atoms with van der Waals surface area (Å²) in [7, 11) is 0. The maximum atomic E-state index is 7.52. The summed E-state index contributed by atoms with van der Waals surface area (Å²) < 4.78 is 14.4. The summed E-state index contributed by atoms with van der Waals surface area (Å²) in [4.78, 5) is 42.8. The van der Waals surface area contributed by atoms with Crippen molar-refractivity contribution >= 4 is 32.4 Å². The fourth-order valence-electron chi connectivity index (χ4n) is 19.5. The number of benzene rings is 16. The molecule has 118 heavy (non-hydrogen) atoms. The Bertz CT molecular complexity index is 7460. The van der Waals surface area contributed by atoms with E-state index in [2.05, 4.69) is 328 Å². The molecule has 6 heterocycles. The van der Waals surface area contributed by atoms with Gasteiger partial charge in [0.25, 0.3) is 0 Å². The Kier molecular flexibility index (Phi) is 14.9. The van der Waals surface area contributed by atoms with Gasteiger partial charge in [0.2, 0.25) is 0 Å². The minimum Gasteiger partial charge on any atom is -0.457 e. The third kappa shape index (κ3) is 9.99. The predicted molar refractivity (Wildman–Crippen MR) is 470 cm³/mol. The molecule has 0 amide bonds. The highest BCUT2D eigenvalue weighted by Crippen LogP contribution is 2.68. The monoisotopic (exact) mass is 1500 g/mol. The van der Waals surface area contributed by atoms with Gasteiger partial charge in [-0.15, -0.1) is 0 Å². The molecular weight excluding hydrogens is 1440 g/mol. The zero-order valence-electron chi connectivity index (χ0n) is 63.3. The molecule has 2 aliphatic heterocycles. The molecule has 1 atom stereocenters. The first kappa shape index (κ1) is 66.8. The van der Waals surface area contributed by atoms with Gasteiger partial charge in [0.05, 0.1) is 16.3 Å². The molecule has 548 valence electrons. The fourth-order valence-corrected chi connectivity index (χ4v) is 19.5. The number of aromatic nitrogens is 8. The number of ether oxygens (including phenoxy) is 2. The van der Waals surface area contributed by atoms with E-state index in [4.69, 9.17) is 49.3 Å². The van der Waals surface area contributed by atoms with Crippen LogP contribution in [-0.4, -0.2) is 39.9 Å². The molecule has 0 bridgehead atoms. The van der Waals surface area contributed by atoms with Crippen LogP contribution < -0.4 is 9.47 Å². The average Bonchev–Trinajstić information content (AvgIpc) is 1.51. The van der Waals surface area contributed by atoms with Crippen LogP contribution in [0.25, 0.3) is 168 Å². The smallest absolute Gasteiger partial charge is 0.164 e. The lowest BCUT2D eigenvalue weighted by Gasteiger charge is -2.40. The number of hydrogen-bond donors (Lipinski definition) is 0. The molecule has 0 radical (unpaired) electrons. The molecule has 24 rings (SSSR count). The Labute approximate surface area is 679 Å². The number of nitrogens with zero attached hydrogens (tertiary/aromatic N) is 8. The molecule has 0 fully saturated rings. The Hall–Kier alpha value is -15.8. The van der Waals surface area contributed by atoms with E-state index in [1.807, 2.05) is 61.1 Å². The van der Waals surface area contributed by atoms with Crippen LogP contribution in [0.15, 0.2) is 389 Å². The molecule has 1 unspecified atom stereocenters. The molecule has 4 aromatic heterocycles. The summed E-state index contributed by atoms with van der Waals surface area (Å²) in [5.74, 6) is 6.45. The van der Waals surface area contributed by atoms with E-state index in [9.17, 15) is 0 Å². The molecule has 16 aromatic carbocycles. The fraction of sp³-hybridized carbons (Fsp3) is 0.0185. The largest absolute Gasteiger partial charge is 0.457 e. The Morgan fingerprint density at radius 3 is 1.16 bits per heavy atom. The second-order valence-corrected chi connectivity index (χ2v) is 30.6. The van der Waals surface area contributed by atoms with Crippen molar-refractivity contribution in [1.82, 2.24) is 39.9 Å². The summed E-state index contributed by atoms with van der Waals surface area (Å²) in [5.41, 5.74) is 25.5. The SMILES string of the molecule is c1ccc(-c2nc(-c3ccccc3)nc(-c3cccc4c3-c3c(-c5ccc(-c6ccnc7ccccc67)cc5)cccc3C43c4ccccc4Oc4c(-c5ccc(-c6nc(-c7cccc8c7-c7c(-c9cncc%10ccccc9%10)cccc7C87c8ccccc8Oc8ccccc87)nc(-c7cccc8ccccc78)n6)cc5)cccc43)n2)cc1. The van der Waals surface area contributed by atoms with E-state index in [0.717, 1.165) is 200 Å². The number of para-hydroxylation sites is 5. The van der Waals surface area contributed by atoms with Crippen molar-refractivity contribution in [2.45, 2.75) is 10.8 Å². The number of hydrogen-bond acceptors (Lipinski definition) is 10. The summed E-state index contributed by atoms with van der Waals surface area (Å²) in [6.07, 6.45) is 5.87. The second kappa shape index (κ2) is 26.4. The van der Waals surface area contributed by atoms with Crippen LogP contribution in [0, 0.1) is 0 Å². The summed E-state index contributed by atoms with van der Waals surface area (Å²) in [5, 5.41) is 5.37. The van der Waals surface area contributed by atoms with Crippen molar-refractivity contribution in [3.8, 4) is 158 Å². The first-order chi connectivity index (χ1) is 58.5. The average molecular weight is 1510 g/mol. The van der Waals surface area contributed by atoms with Gasteiger partial charge in [-0.3, -0.25) is 9.97 Å². The van der Waals surface area contributed by atoms with E-state index < -0.39 is 10.8 Å². The van der Waals surface area contributed by atoms with Crippen molar-refractivity contribution in [3.63, 3.8) is 0 Å².